The summed E-state index contributed by atoms with van der Waals surface area (Å²) in [6, 6.07) is 0. The lowest BCUT2D eigenvalue weighted by molar-refractivity contribution is -0.199. The van der Waals surface area contributed by atoms with Crippen LogP contribution < -0.4 is 5.32 Å². The highest BCUT2D eigenvalue weighted by molar-refractivity contribution is 5.75. The van der Waals surface area contributed by atoms with Gasteiger partial charge in [-0.3, -0.25) is 0 Å². The van der Waals surface area contributed by atoms with Crippen molar-refractivity contribution in [2.75, 3.05) is 19.7 Å². The maximum atomic E-state index is 13.2. The molecule has 1 rings (SSSR count). The first-order valence-electron chi connectivity index (χ1n) is 4.72. The lowest BCUT2D eigenvalue weighted by Crippen LogP contribution is -2.27. The summed E-state index contributed by atoms with van der Waals surface area (Å²) in [5.74, 6) is -3.17. The molecular formula is C9H11F4NO2. The summed E-state index contributed by atoms with van der Waals surface area (Å²) in [5, 5.41) is 2.87. The van der Waals surface area contributed by atoms with Gasteiger partial charge in [-0.05, 0) is 25.0 Å². The van der Waals surface area contributed by atoms with Crippen molar-refractivity contribution in [2.45, 2.75) is 19.0 Å². The molecule has 1 aliphatic rings. The van der Waals surface area contributed by atoms with Crippen LogP contribution in [-0.2, 0) is 9.53 Å². The number of ether oxygens (including phenoxy) is 1. The van der Waals surface area contributed by atoms with Gasteiger partial charge in [0.1, 0.15) is 12.4 Å². The van der Waals surface area contributed by atoms with Gasteiger partial charge < -0.3 is 10.1 Å². The molecule has 0 atom stereocenters. The molecule has 1 N–H and O–H groups in total. The molecule has 1 fully saturated rings. The third-order valence-corrected chi connectivity index (χ3v) is 2.12. The number of esters is 1. The Balaban J connectivity index is 2.45. The van der Waals surface area contributed by atoms with E-state index in [2.05, 4.69) is 10.1 Å². The minimum absolute atomic E-state index is 0.287. The minimum Gasteiger partial charge on any atom is -0.452 e. The predicted octanol–water partition coefficient (Wildman–Crippen LogP) is 1.70. The molecule has 0 spiro atoms. The van der Waals surface area contributed by atoms with Crippen molar-refractivity contribution in [1.29, 1.82) is 0 Å². The first kappa shape index (κ1) is 13.0. The van der Waals surface area contributed by atoms with Crippen molar-refractivity contribution in [2.24, 2.45) is 0 Å². The van der Waals surface area contributed by atoms with Crippen molar-refractivity contribution >= 4 is 5.97 Å². The lowest BCUT2D eigenvalue weighted by Gasteiger charge is -2.16. The van der Waals surface area contributed by atoms with E-state index >= 15 is 0 Å². The number of piperidine rings is 1. The van der Waals surface area contributed by atoms with Gasteiger partial charge in [-0.25, -0.2) is 9.18 Å². The Hall–Kier alpha value is -1.11. The average Bonchev–Trinajstić information content (AvgIpc) is 2.25. The number of nitrogens with one attached hydrogen (secondary N) is 1. The first-order valence-corrected chi connectivity index (χ1v) is 4.72. The summed E-state index contributed by atoms with van der Waals surface area (Å²) in [6.07, 6.45) is -3.88. The predicted molar refractivity (Wildman–Crippen MR) is 47.3 cm³/mol. The van der Waals surface area contributed by atoms with Crippen LogP contribution in [-0.4, -0.2) is 31.8 Å². The van der Waals surface area contributed by atoms with Crippen LogP contribution in [0, 0.1) is 0 Å². The normalized spacial score (nSPS) is 20.5. The standard InChI is InChI=1S/C9H11F4NO2/c10-7(6-2-1-3-14-4-6)5-16-8(15)9(11,12)13/h14H,1-5H2/b7-6-. The maximum absolute atomic E-state index is 13.2. The van der Waals surface area contributed by atoms with Gasteiger partial charge >= 0.3 is 12.1 Å². The fourth-order valence-corrected chi connectivity index (χ4v) is 1.30. The van der Waals surface area contributed by atoms with Crippen LogP contribution in [0.2, 0.25) is 0 Å². The summed E-state index contributed by atoms with van der Waals surface area (Å²) in [4.78, 5) is 10.3. The first-order chi connectivity index (χ1) is 7.41. The molecule has 1 saturated heterocycles. The largest absolute Gasteiger partial charge is 0.490 e. The molecule has 1 heterocycles. The zero-order valence-electron chi connectivity index (χ0n) is 8.36. The van der Waals surface area contributed by atoms with Crippen molar-refractivity contribution in [3.63, 3.8) is 0 Å². The van der Waals surface area contributed by atoms with E-state index in [0.29, 0.717) is 12.0 Å². The fraction of sp³-hybridized carbons (Fsp3) is 0.667. The topological polar surface area (TPSA) is 38.3 Å². The summed E-state index contributed by atoms with van der Waals surface area (Å²) in [7, 11) is 0. The Bertz CT molecular complexity index is 290. The highest BCUT2D eigenvalue weighted by Gasteiger charge is 2.41. The zero-order chi connectivity index (χ0) is 12.2. The molecule has 0 aromatic carbocycles. The van der Waals surface area contributed by atoms with Crippen LogP contribution >= 0.6 is 0 Å². The van der Waals surface area contributed by atoms with Crippen LogP contribution in [0.3, 0.4) is 0 Å². The third kappa shape index (κ3) is 3.80. The van der Waals surface area contributed by atoms with Crippen LogP contribution in [0.4, 0.5) is 17.6 Å². The van der Waals surface area contributed by atoms with E-state index in [9.17, 15) is 22.4 Å². The summed E-state index contributed by atoms with van der Waals surface area (Å²) < 4.78 is 52.2. The molecule has 0 aliphatic carbocycles. The number of rotatable bonds is 2. The summed E-state index contributed by atoms with van der Waals surface area (Å²) in [6.45, 7) is 0.0872. The smallest absolute Gasteiger partial charge is 0.452 e. The molecule has 16 heavy (non-hydrogen) atoms. The van der Waals surface area contributed by atoms with Crippen molar-refractivity contribution in [3.8, 4) is 0 Å². The monoisotopic (exact) mass is 241 g/mol. The Morgan fingerprint density at radius 2 is 2.12 bits per heavy atom. The number of hydrogen-bond donors (Lipinski definition) is 1. The number of carbonyl (C=O) groups is 1. The van der Waals surface area contributed by atoms with E-state index in [1.807, 2.05) is 0 Å². The molecule has 0 aromatic heterocycles. The molecule has 3 nitrogen and oxygen atoms in total. The molecule has 1 aliphatic heterocycles. The van der Waals surface area contributed by atoms with Gasteiger partial charge in [-0.15, -0.1) is 0 Å². The van der Waals surface area contributed by atoms with E-state index in [-0.39, 0.29) is 6.54 Å². The van der Waals surface area contributed by atoms with Crippen LogP contribution in [0.5, 0.6) is 0 Å². The molecule has 7 heteroatoms. The molecule has 0 aromatic rings. The summed E-state index contributed by atoms with van der Waals surface area (Å²) in [5.41, 5.74) is 0.362. The Kier molecular flexibility index (Phi) is 4.28. The fourth-order valence-electron chi connectivity index (χ4n) is 1.30. The van der Waals surface area contributed by atoms with Crippen molar-refractivity contribution in [3.05, 3.63) is 11.4 Å². The van der Waals surface area contributed by atoms with Gasteiger partial charge in [-0.1, -0.05) is 0 Å². The summed E-state index contributed by atoms with van der Waals surface area (Å²) >= 11 is 0. The second kappa shape index (κ2) is 5.29. The second-order valence-corrected chi connectivity index (χ2v) is 3.36. The van der Waals surface area contributed by atoms with Gasteiger partial charge in [0.05, 0.1) is 0 Å². The van der Waals surface area contributed by atoms with E-state index in [0.717, 1.165) is 13.0 Å². The highest BCUT2D eigenvalue weighted by atomic mass is 19.4. The number of halogens is 4. The van der Waals surface area contributed by atoms with E-state index in [1.54, 1.807) is 0 Å². The zero-order valence-corrected chi connectivity index (χ0v) is 8.36. The lowest BCUT2D eigenvalue weighted by atomic mass is 10.1. The van der Waals surface area contributed by atoms with Gasteiger partial charge in [-0.2, -0.15) is 13.2 Å². The quantitative estimate of drug-likeness (QED) is 0.590. The van der Waals surface area contributed by atoms with Crippen molar-refractivity contribution in [1.82, 2.24) is 5.32 Å². The Labute approximate surface area is 89.5 Å². The number of alkyl halides is 3. The van der Waals surface area contributed by atoms with Gasteiger partial charge in [0, 0.05) is 6.54 Å². The average molecular weight is 241 g/mol. The molecule has 0 bridgehead atoms. The van der Waals surface area contributed by atoms with Crippen LogP contribution in [0.1, 0.15) is 12.8 Å². The molecule has 0 radical (unpaired) electrons. The Morgan fingerprint density at radius 1 is 1.44 bits per heavy atom. The molecule has 0 saturated carbocycles. The van der Waals surface area contributed by atoms with Crippen LogP contribution in [0.25, 0.3) is 0 Å². The second-order valence-electron chi connectivity index (χ2n) is 3.36. The number of carbonyl (C=O) groups excluding carboxylic acids is 1. The highest BCUT2D eigenvalue weighted by Crippen LogP contribution is 2.19. The van der Waals surface area contributed by atoms with Gasteiger partial charge in [0.2, 0.25) is 0 Å². The Morgan fingerprint density at radius 3 is 2.62 bits per heavy atom. The SMILES string of the molecule is O=C(OC/C(F)=C1\CCCNC1)C(F)(F)F. The number of hydrogen-bond acceptors (Lipinski definition) is 3. The van der Waals surface area contributed by atoms with E-state index in [1.165, 1.54) is 0 Å². The van der Waals surface area contributed by atoms with E-state index in [4.69, 9.17) is 0 Å². The minimum atomic E-state index is -5.07. The van der Waals surface area contributed by atoms with Crippen molar-refractivity contribution < 1.29 is 27.1 Å². The molecule has 0 amide bonds. The molecular weight excluding hydrogens is 230 g/mol. The van der Waals surface area contributed by atoms with Gasteiger partial charge in [0.15, 0.2) is 0 Å². The van der Waals surface area contributed by atoms with E-state index < -0.39 is 24.6 Å². The van der Waals surface area contributed by atoms with Gasteiger partial charge in [0.25, 0.3) is 0 Å². The molecule has 0 unspecified atom stereocenters. The molecule has 92 valence electrons. The van der Waals surface area contributed by atoms with Crippen LogP contribution in [0.15, 0.2) is 11.4 Å². The maximum Gasteiger partial charge on any atom is 0.490 e. The third-order valence-electron chi connectivity index (χ3n) is 2.12.